The first-order valence-corrected chi connectivity index (χ1v) is 8.25. The van der Waals surface area contributed by atoms with Crippen molar-refractivity contribution >= 4 is 17.3 Å². The molecular weight excluding hydrogens is 322 g/mol. The second-order valence-corrected chi connectivity index (χ2v) is 5.68. The Hall–Kier alpha value is -2.90. The Labute approximate surface area is 146 Å². The molecule has 0 spiro atoms. The Kier molecular flexibility index (Phi) is 6.50. The lowest BCUT2D eigenvalue weighted by molar-refractivity contribution is -0.385. The van der Waals surface area contributed by atoms with E-state index in [2.05, 4.69) is 41.3 Å². The summed E-state index contributed by atoms with van der Waals surface area (Å²) in [6.07, 6.45) is 2.73. The van der Waals surface area contributed by atoms with E-state index in [9.17, 15) is 14.9 Å². The molecule has 0 aliphatic carbocycles. The SMILES string of the molecule is CCN(CCNC(=O)CCn1cc([N+](=O)[O-])cn1)c1ccccc1C. The molecule has 134 valence electrons. The van der Waals surface area contributed by atoms with Crippen molar-refractivity contribution in [2.24, 2.45) is 0 Å². The smallest absolute Gasteiger partial charge is 0.306 e. The summed E-state index contributed by atoms with van der Waals surface area (Å²) < 4.78 is 1.41. The second-order valence-electron chi connectivity index (χ2n) is 5.68. The number of nitrogens with zero attached hydrogens (tertiary/aromatic N) is 4. The Morgan fingerprint density at radius 1 is 1.40 bits per heavy atom. The zero-order valence-corrected chi connectivity index (χ0v) is 14.5. The van der Waals surface area contributed by atoms with Crippen LogP contribution in [0.15, 0.2) is 36.7 Å². The summed E-state index contributed by atoms with van der Waals surface area (Å²) in [7, 11) is 0. The quantitative estimate of drug-likeness (QED) is 0.555. The number of carbonyl (C=O) groups is 1. The summed E-state index contributed by atoms with van der Waals surface area (Å²) in [4.78, 5) is 24.2. The van der Waals surface area contributed by atoms with E-state index in [-0.39, 0.29) is 18.0 Å². The number of hydrogen-bond donors (Lipinski definition) is 1. The van der Waals surface area contributed by atoms with Gasteiger partial charge in [0, 0.05) is 38.3 Å². The Morgan fingerprint density at radius 2 is 2.16 bits per heavy atom. The molecule has 2 rings (SSSR count). The maximum Gasteiger partial charge on any atom is 0.306 e. The van der Waals surface area contributed by atoms with Crippen LogP contribution in [0.4, 0.5) is 11.4 Å². The summed E-state index contributed by atoms with van der Waals surface area (Å²) in [5.41, 5.74) is 2.30. The lowest BCUT2D eigenvalue weighted by Gasteiger charge is -2.25. The Morgan fingerprint density at radius 3 is 2.80 bits per heavy atom. The molecule has 0 saturated heterocycles. The standard InChI is InChI=1S/C17H23N5O3/c1-3-20(16-7-5-4-6-14(16)2)11-9-18-17(23)8-10-21-13-15(12-19-21)22(24)25/h4-7,12-13H,3,8-11H2,1-2H3,(H,18,23). The van der Waals surface area contributed by atoms with Crippen molar-refractivity contribution in [2.75, 3.05) is 24.5 Å². The van der Waals surface area contributed by atoms with Crippen LogP contribution in [0, 0.1) is 17.0 Å². The van der Waals surface area contributed by atoms with Crippen molar-refractivity contribution in [3.8, 4) is 0 Å². The van der Waals surface area contributed by atoms with Gasteiger partial charge in [0.25, 0.3) is 0 Å². The van der Waals surface area contributed by atoms with E-state index in [0.717, 1.165) is 13.1 Å². The lowest BCUT2D eigenvalue weighted by atomic mass is 10.2. The van der Waals surface area contributed by atoms with Crippen LogP contribution in [0.25, 0.3) is 0 Å². The summed E-state index contributed by atoms with van der Waals surface area (Å²) in [5, 5.41) is 17.3. The minimum absolute atomic E-state index is 0.0720. The number of nitrogens with one attached hydrogen (secondary N) is 1. The van der Waals surface area contributed by atoms with Crippen molar-refractivity contribution in [1.29, 1.82) is 0 Å². The van der Waals surface area contributed by atoms with Crippen molar-refractivity contribution in [2.45, 2.75) is 26.8 Å². The maximum atomic E-state index is 11.9. The van der Waals surface area contributed by atoms with Gasteiger partial charge in [-0.1, -0.05) is 18.2 Å². The van der Waals surface area contributed by atoms with Gasteiger partial charge in [0.1, 0.15) is 12.4 Å². The van der Waals surface area contributed by atoms with Gasteiger partial charge in [0.2, 0.25) is 5.91 Å². The highest BCUT2D eigenvalue weighted by atomic mass is 16.6. The van der Waals surface area contributed by atoms with Crippen LogP contribution >= 0.6 is 0 Å². The van der Waals surface area contributed by atoms with Crippen LogP contribution in [0.1, 0.15) is 18.9 Å². The predicted octanol–water partition coefficient (Wildman–Crippen LogP) is 2.13. The van der Waals surface area contributed by atoms with Crippen molar-refractivity contribution < 1.29 is 9.72 Å². The van der Waals surface area contributed by atoms with Crippen LogP contribution in [-0.2, 0) is 11.3 Å². The van der Waals surface area contributed by atoms with Gasteiger partial charge in [-0.3, -0.25) is 19.6 Å². The van der Waals surface area contributed by atoms with E-state index in [1.807, 2.05) is 12.1 Å². The average molecular weight is 345 g/mol. The van der Waals surface area contributed by atoms with Gasteiger partial charge in [-0.05, 0) is 25.5 Å². The third-order valence-electron chi connectivity index (χ3n) is 3.94. The largest absolute Gasteiger partial charge is 0.370 e. The number of anilines is 1. The van der Waals surface area contributed by atoms with Gasteiger partial charge in [-0.2, -0.15) is 5.10 Å². The predicted molar refractivity (Wildman–Crippen MR) is 95.6 cm³/mol. The lowest BCUT2D eigenvalue weighted by Crippen LogP contribution is -2.35. The Balaban J connectivity index is 1.75. The number of carbonyl (C=O) groups excluding carboxylic acids is 1. The molecule has 1 amide bonds. The summed E-state index contributed by atoms with van der Waals surface area (Å²) in [5.74, 6) is -0.0982. The molecule has 2 aromatic rings. The van der Waals surface area contributed by atoms with Crippen molar-refractivity contribution in [3.05, 3.63) is 52.3 Å². The number of aryl methyl sites for hydroxylation is 2. The van der Waals surface area contributed by atoms with Gasteiger partial charge in [0.15, 0.2) is 0 Å². The average Bonchev–Trinajstić information content (AvgIpc) is 3.07. The van der Waals surface area contributed by atoms with Crippen LogP contribution in [-0.4, -0.2) is 40.2 Å². The van der Waals surface area contributed by atoms with Crippen molar-refractivity contribution in [3.63, 3.8) is 0 Å². The highest BCUT2D eigenvalue weighted by molar-refractivity contribution is 5.75. The van der Waals surface area contributed by atoms with Gasteiger partial charge in [-0.15, -0.1) is 0 Å². The van der Waals surface area contributed by atoms with Gasteiger partial charge in [-0.25, -0.2) is 0 Å². The Bertz CT molecular complexity index is 729. The molecule has 1 N–H and O–H groups in total. The second kappa shape index (κ2) is 8.81. The number of nitro groups is 1. The molecule has 1 aromatic heterocycles. The number of aromatic nitrogens is 2. The number of para-hydroxylation sites is 1. The van der Waals surface area contributed by atoms with E-state index in [4.69, 9.17) is 0 Å². The molecule has 0 saturated carbocycles. The summed E-state index contributed by atoms with van der Waals surface area (Å²) in [6, 6.07) is 8.16. The highest BCUT2D eigenvalue weighted by Crippen LogP contribution is 2.18. The van der Waals surface area contributed by atoms with Crippen LogP contribution in [0.3, 0.4) is 0 Å². The molecule has 0 aliphatic heterocycles. The number of amides is 1. The van der Waals surface area contributed by atoms with Crippen LogP contribution in [0.2, 0.25) is 0 Å². The first-order valence-electron chi connectivity index (χ1n) is 8.25. The summed E-state index contributed by atoms with van der Waals surface area (Å²) >= 11 is 0. The molecule has 0 fully saturated rings. The number of hydrogen-bond acceptors (Lipinski definition) is 5. The number of rotatable bonds is 9. The van der Waals surface area contributed by atoms with E-state index in [0.29, 0.717) is 13.1 Å². The van der Waals surface area contributed by atoms with E-state index in [1.165, 1.54) is 28.3 Å². The first kappa shape index (κ1) is 18.4. The van der Waals surface area contributed by atoms with Crippen LogP contribution < -0.4 is 10.2 Å². The molecule has 1 aromatic carbocycles. The van der Waals surface area contributed by atoms with E-state index >= 15 is 0 Å². The summed E-state index contributed by atoms with van der Waals surface area (Å²) in [6.45, 7) is 6.59. The molecule has 8 heteroatoms. The third kappa shape index (κ3) is 5.30. The van der Waals surface area contributed by atoms with Gasteiger partial charge < -0.3 is 10.2 Å². The molecule has 25 heavy (non-hydrogen) atoms. The topological polar surface area (TPSA) is 93.3 Å². The van der Waals surface area contributed by atoms with Gasteiger partial charge >= 0.3 is 5.69 Å². The molecule has 8 nitrogen and oxygen atoms in total. The van der Waals surface area contributed by atoms with E-state index < -0.39 is 4.92 Å². The monoisotopic (exact) mass is 345 g/mol. The van der Waals surface area contributed by atoms with Crippen molar-refractivity contribution in [1.82, 2.24) is 15.1 Å². The molecule has 1 heterocycles. The minimum Gasteiger partial charge on any atom is -0.370 e. The zero-order valence-electron chi connectivity index (χ0n) is 14.5. The normalized spacial score (nSPS) is 10.5. The fourth-order valence-corrected chi connectivity index (χ4v) is 2.57. The molecule has 0 radical (unpaired) electrons. The van der Waals surface area contributed by atoms with Gasteiger partial charge in [0.05, 0.1) is 4.92 Å². The fraction of sp³-hybridized carbons (Fsp3) is 0.412. The highest BCUT2D eigenvalue weighted by Gasteiger charge is 2.10. The maximum absolute atomic E-state index is 11.9. The number of likely N-dealkylation sites (N-methyl/N-ethyl adjacent to an activating group) is 1. The third-order valence-corrected chi connectivity index (χ3v) is 3.94. The first-order chi connectivity index (χ1) is 12.0. The fourth-order valence-electron chi connectivity index (χ4n) is 2.57. The molecule has 0 aliphatic rings. The molecular formula is C17H23N5O3. The molecule has 0 bridgehead atoms. The zero-order chi connectivity index (χ0) is 18.2. The molecule has 0 atom stereocenters. The minimum atomic E-state index is -0.505. The van der Waals surface area contributed by atoms with E-state index in [1.54, 1.807) is 0 Å². The van der Waals surface area contributed by atoms with Crippen LogP contribution in [0.5, 0.6) is 0 Å². The number of benzene rings is 1. The molecule has 0 unspecified atom stereocenters.